The van der Waals surface area contributed by atoms with E-state index in [1.807, 2.05) is 19.1 Å². The maximum absolute atomic E-state index is 12.4. The number of hydrogen-bond donors (Lipinski definition) is 2. The van der Waals surface area contributed by atoms with Crippen molar-refractivity contribution in [1.82, 2.24) is 5.32 Å². The van der Waals surface area contributed by atoms with Crippen molar-refractivity contribution < 1.29 is 33.3 Å². The van der Waals surface area contributed by atoms with E-state index < -0.39 is 30.4 Å². The number of aryl methyl sites for hydroxylation is 1. The van der Waals surface area contributed by atoms with Crippen LogP contribution in [0.3, 0.4) is 0 Å². The van der Waals surface area contributed by atoms with Gasteiger partial charge in [0.2, 0.25) is 5.75 Å². The van der Waals surface area contributed by atoms with Crippen LogP contribution in [0, 0.1) is 6.92 Å². The molecule has 9 heteroatoms. The molecule has 0 aliphatic carbocycles. The number of anilines is 1. The van der Waals surface area contributed by atoms with Gasteiger partial charge in [-0.2, -0.15) is 0 Å². The number of hydrogen-bond acceptors (Lipinski definition) is 7. The molecule has 0 heterocycles. The summed E-state index contributed by atoms with van der Waals surface area (Å²) in [6.07, 6.45) is -1.04. The van der Waals surface area contributed by atoms with Crippen LogP contribution in [0.1, 0.15) is 22.8 Å². The summed E-state index contributed by atoms with van der Waals surface area (Å²) in [6, 6.07) is 10.1. The first kappa shape index (κ1) is 23.5. The predicted molar refractivity (Wildman–Crippen MR) is 114 cm³/mol. The summed E-state index contributed by atoms with van der Waals surface area (Å²) in [5.41, 5.74) is 1.85. The highest BCUT2D eigenvalue weighted by molar-refractivity contribution is 5.98. The lowest BCUT2D eigenvalue weighted by Crippen LogP contribution is -2.35. The second-order valence-electron chi connectivity index (χ2n) is 6.58. The molecule has 0 aliphatic heterocycles. The van der Waals surface area contributed by atoms with Crippen molar-refractivity contribution in [1.29, 1.82) is 0 Å². The molecule has 2 amide bonds. The van der Waals surface area contributed by atoms with Crippen LogP contribution in [0.2, 0.25) is 0 Å². The molecule has 0 fully saturated rings. The van der Waals surface area contributed by atoms with Crippen molar-refractivity contribution in [3.05, 3.63) is 47.5 Å². The van der Waals surface area contributed by atoms with E-state index in [0.29, 0.717) is 22.9 Å². The van der Waals surface area contributed by atoms with Crippen LogP contribution in [0.4, 0.5) is 5.69 Å². The van der Waals surface area contributed by atoms with Gasteiger partial charge in [0.25, 0.3) is 11.8 Å². The predicted octanol–water partition coefficient (Wildman–Crippen LogP) is 2.32. The summed E-state index contributed by atoms with van der Waals surface area (Å²) in [6.45, 7) is 2.96. The van der Waals surface area contributed by atoms with E-state index in [4.69, 9.17) is 18.9 Å². The third-order valence-corrected chi connectivity index (χ3v) is 4.32. The number of esters is 1. The number of nitrogens with one attached hydrogen (secondary N) is 2. The lowest BCUT2D eigenvalue weighted by Gasteiger charge is -2.15. The molecule has 0 aromatic heterocycles. The summed E-state index contributed by atoms with van der Waals surface area (Å²) >= 11 is 0. The molecule has 2 rings (SSSR count). The zero-order valence-electron chi connectivity index (χ0n) is 18.1. The van der Waals surface area contributed by atoms with E-state index in [-0.39, 0.29) is 5.56 Å². The van der Waals surface area contributed by atoms with Gasteiger partial charge in [0.1, 0.15) is 6.54 Å². The summed E-state index contributed by atoms with van der Waals surface area (Å²) < 4.78 is 20.7. The molecule has 166 valence electrons. The zero-order valence-corrected chi connectivity index (χ0v) is 18.1. The first-order chi connectivity index (χ1) is 14.8. The standard InChI is InChI=1S/C22H26N2O7/c1-13-6-8-16(9-7-13)24-21(26)14(2)31-19(25)12-23-22(27)15-10-17(28-3)20(30-5)18(11-15)29-4/h6-11,14H,12H2,1-5H3,(H,23,27)(H,24,26)/t14-/m1/s1. The van der Waals surface area contributed by atoms with Crippen molar-refractivity contribution in [2.45, 2.75) is 20.0 Å². The summed E-state index contributed by atoms with van der Waals surface area (Å²) in [5, 5.41) is 5.10. The van der Waals surface area contributed by atoms with Gasteiger partial charge < -0.3 is 29.6 Å². The number of carbonyl (C=O) groups is 3. The highest BCUT2D eigenvalue weighted by atomic mass is 16.5. The van der Waals surface area contributed by atoms with E-state index in [0.717, 1.165) is 5.56 Å². The molecule has 1 atom stereocenters. The van der Waals surface area contributed by atoms with Crippen LogP contribution in [-0.2, 0) is 14.3 Å². The Morgan fingerprint density at radius 3 is 2.03 bits per heavy atom. The van der Waals surface area contributed by atoms with Gasteiger partial charge in [0.05, 0.1) is 21.3 Å². The normalized spacial score (nSPS) is 11.1. The number of rotatable bonds is 9. The number of benzene rings is 2. The molecule has 0 saturated heterocycles. The Hall–Kier alpha value is -3.75. The van der Waals surface area contributed by atoms with Crippen molar-refractivity contribution in [3.63, 3.8) is 0 Å². The molecule has 31 heavy (non-hydrogen) atoms. The molecule has 9 nitrogen and oxygen atoms in total. The lowest BCUT2D eigenvalue weighted by atomic mass is 10.1. The van der Waals surface area contributed by atoms with Crippen molar-refractivity contribution in [3.8, 4) is 17.2 Å². The second kappa shape index (κ2) is 10.9. The number of carbonyl (C=O) groups excluding carboxylic acids is 3. The quantitative estimate of drug-likeness (QED) is 0.587. The number of methoxy groups -OCH3 is 3. The molecule has 2 N–H and O–H groups in total. The fraction of sp³-hybridized carbons (Fsp3) is 0.318. The fourth-order valence-electron chi connectivity index (χ4n) is 2.64. The van der Waals surface area contributed by atoms with E-state index >= 15 is 0 Å². The van der Waals surface area contributed by atoms with Gasteiger partial charge in [-0.05, 0) is 38.1 Å². The highest BCUT2D eigenvalue weighted by Gasteiger charge is 2.20. The van der Waals surface area contributed by atoms with Crippen LogP contribution in [0.5, 0.6) is 17.2 Å². The minimum absolute atomic E-state index is 0.201. The molecule has 0 unspecified atom stereocenters. The van der Waals surface area contributed by atoms with Gasteiger partial charge >= 0.3 is 5.97 Å². The van der Waals surface area contributed by atoms with Crippen molar-refractivity contribution >= 4 is 23.5 Å². The van der Waals surface area contributed by atoms with E-state index in [1.54, 1.807) is 12.1 Å². The Kier molecular flexibility index (Phi) is 8.25. The summed E-state index contributed by atoms with van der Waals surface area (Å²) in [7, 11) is 4.31. The van der Waals surface area contributed by atoms with Crippen molar-refractivity contribution in [2.75, 3.05) is 33.2 Å². The van der Waals surface area contributed by atoms with Gasteiger partial charge in [0, 0.05) is 11.3 Å². The molecule has 2 aromatic rings. The van der Waals surface area contributed by atoms with E-state index in [1.165, 1.54) is 40.4 Å². The summed E-state index contributed by atoms with van der Waals surface area (Å²) in [4.78, 5) is 36.7. The molecule has 0 bridgehead atoms. The van der Waals surface area contributed by atoms with Crippen LogP contribution >= 0.6 is 0 Å². The Labute approximate surface area is 180 Å². The Morgan fingerprint density at radius 2 is 1.52 bits per heavy atom. The monoisotopic (exact) mass is 430 g/mol. The molecular weight excluding hydrogens is 404 g/mol. The maximum Gasteiger partial charge on any atom is 0.326 e. The third kappa shape index (κ3) is 6.36. The average Bonchev–Trinajstić information content (AvgIpc) is 2.77. The molecule has 0 spiro atoms. The molecule has 2 aromatic carbocycles. The maximum atomic E-state index is 12.4. The second-order valence-corrected chi connectivity index (χ2v) is 6.58. The molecule has 0 saturated carbocycles. The molecular formula is C22H26N2O7. The van der Waals surface area contributed by atoms with E-state index in [2.05, 4.69) is 10.6 Å². The third-order valence-electron chi connectivity index (χ3n) is 4.32. The van der Waals surface area contributed by atoms with Gasteiger partial charge in [-0.15, -0.1) is 0 Å². The topological polar surface area (TPSA) is 112 Å². The Morgan fingerprint density at radius 1 is 0.935 bits per heavy atom. The average molecular weight is 430 g/mol. The number of ether oxygens (including phenoxy) is 4. The first-order valence-electron chi connectivity index (χ1n) is 9.44. The Balaban J connectivity index is 1.92. The first-order valence-corrected chi connectivity index (χ1v) is 9.44. The van der Waals surface area contributed by atoms with Crippen LogP contribution in [0.15, 0.2) is 36.4 Å². The lowest BCUT2D eigenvalue weighted by molar-refractivity contribution is -0.152. The Bertz CT molecular complexity index is 916. The summed E-state index contributed by atoms with van der Waals surface area (Å²) in [5.74, 6) is -0.838. The van der Waals surface area contributed by atoms with Crippen LogP contribution in [-0.4, -0.2) is 51.8 Å². The van der Waals surface area contributed by atoms with E-state index in [9.17, 15) is 14.4 Å². The minimum Gasteiger partial charge on any atom is -0.493 e. The van der Waals surface area contributed by atoms with Crippen LogP contribution < -0.4 is 24.8 Å². The SMILES string of the molecule is COc1cc(C(=O)NCC(=O)O[C@H](C)C(=O)Nc2ccc(C)cc2)cc(OC)c1OC. The molecule has 0 aliphatic rings. The van der Waals surface area contributed by atoms with Gasteiger partial charge in [-0.25, -0.2) is 0 Å². The van der Waals surface area contributed by atoms with Gasteiger partial charge in [-0.3, -0.25) is 14.4 Å². The fourth-order valence-corrected chi connectivity index (χ4v) is 2.64. The largest absolute Gasteiger partial charge is 0.493 e. The van der Waals surface area contributed by atoms with Gasteiger partial charge in [0.15, 0.2) is 17.6 Å². The smallest absolute Gasteiger partial charge is 0.326 e. The van der Waals surface area contributed by atoms with Crippen molar-refractivity contribution in [2.24, 2.45) is 0 Å². The minimum atomic E-state index is -1.04. The zero-order chi connectivity index (χ0) is 23.0. The van der Waals surface area contributed by atoms with Crippen LogP contribution in [0.25, 0.3) is 0 Å². The molecule has 0 radical (unpaired) electrons. The highest BCUT2D eigenvalue weighted by Crippen LogP contribution is 2.38. The van der Waals surface area contributed by atoms with Gasteiger partial charge in [-0.1, -0.05) is 17.7 Å². The number of amides is 2.